The van der Waals surface area contributed by atoms with Gasteiger partial charge in [-0.25, -0.2) is 0 Å². The van der Waals surface area contributed by atoms with Crippen molar-refractivity contribution in [2.75, 3.05) is 37.6 Å². The lowest BCUT2D eigenvalue weighted by molar-refractivity contribution is -0.892. The Morgan fingerprint density at radius 3 is 2.54 bits per heavy atom. The molecule has 2 N–H and O–H groups in total. The van der Waals surface area contributed by atoms with Crippen LogP contribution in [-0.4, -0.2) is 38.6 Å². The van der Waals surface area contributed by atoms with Crippen LogP contribution < -0.4 is 15.1 Å². The van der Waals surface area contributed by atoms with E-state index >= 15 is 0 Å². The second kappa shape index (κ2) is 8.18. The average Bonchev–Trinajstić information content (AvgIpc) is 2.61. The van der Waals surface area contributed by atoms with Gasteiger partial charge in [-0.2, -0.15) is 0 Å². The van der Waals surface area contributed by atoms with Gasteiger partial charge in [0.05, 0.1) is 26.2 Å². The molecule has 0 unspecified atom stereocenters. The fourth-order valence-electron chi connectivity index (χ4n) is 3.02. The molecule has 1 fully saturated rings. The van der Waals surface area contributed by atoms with Gasteiger partial charge in [0.2, 0.25) is 0 Å². The Labute approximate surface area is 148 Å². The molecular formula is C19H23ClN3O+. The van der Waals surface area contributed by atoms with E-state index in [0.717, 1.165) is 42.5 Å². The predicted octanol–water partition coefficient (Wildman–Crippen LogP) is 1.36. The van der Waals surface area contributed by atoms with Gasteiger partial charge in [-0.3, -0.25) is 4.79 Å². The normalized spacial score (nSPS) is 15.3. The van der Waals surface area contributed by atoms with Crippen LogP contribution in [0.15, 0.2) is 54.6 Å². The van der Waals surface area contributed by atoms with Crippen molar-refractivity contribution in [1.29, 1.82) is 0 Å². The molecule has 0 atom stereocenters. The highest BCUT2D eigenvalue weighted by Crippen LogP contribution is 2.19. The minimum atomic E-state index is 0.116. The van der Waals surface area contributed by atoms with Gasteiger partial charge < -0.3 is 15.1 Å². The van der Waals surface area contributed by atoms with Crippen LogP contribution in [0.2, 0.25) is 5.02 Å². The molecule has 0 saturated carbocycles. The number of carbonyl (C=O) groups is 1. The van der Waals surface area contributed by atoms with Crippen LogP contribution in [0.3, 0.4) is 0 Å². The summed E-state index contributed by atoms with van der Waals surface area (Å²) in [5, 5.41) is 3.77. The largest absolute Gasteiger partial charge is 0.360 e. The SMILES string of the molecule is O=C(C[NH+]1CCN(c2cccc(Cl)c2)CC1)NCc1ccccc1. The summed E-state index contributed by atoms with van der Waals surface area (Å²) >= 11 is 6.06. The molecule has 1 heterocycles. The van der Waals surface area contributed by atoms with E-state index in [1.807, 2.05) is 48.5 Å². The highest BCUT2D eigenvalue weighted by Gasteiger charge is 2.22. The molecule has 1 amide bonds. The Morgan fingerprint density at radius 1 is 1.08 bits per heavy atom. The number of hydrogen-bond donors (Lipinski definition) is 2. The maximum Gasteiger partial charge on any atom is 0.275 e. The lowest BCUT2D eigenvalue weighted by Gasteiger charge is -2.33. The molecule has 2 aromatic rings. The van der Waals surface area contributed by atoms with Crippen molar-refractivity contribution in [2.24, 2.45) is 0 Å². The van der Waals surface area contributed by atoms with Crippen molar-refractivity contribution >= 4 is 23.2 Å². The summed E-state index contributed by atoms with van der Waals surface area (Å²) in [5.74, 6) is 0.116. The third-order valence-electron chi connectivity index (χ3n) is 4.39. The first-order valence-corrected chi connectivity index (χ1v) is 8.73. The number of nitrogens with one attached hydrogen (secondary N) is 2. The first-order chi connectivity index (χ1) is 11.7. The molecule has 24 heavy (non-hydrogen) atoms. The molecule has 0 bridgehead atoms. The zero-order valence-electron chi connectivity index (χ0n) is 13.7. The van der Waals surface area contributed by atoms with E-state index < -0.39 is 0 Å². The highest BCUT2D eigenvalue weighted by molar-refractivity contribution is 6.30. The molecule has 3 rings (SSSR count). The van der Waals surface area contributed by atoms with Gasteiger partial charge in [-0.1, -0.05) is 48.0 Å². The third-order valence-corrected chi connectivity index (χ3v) is 4.62. The molecule has 1 aliphatic rings. The van der Waals surface area contributed by atoms with E-state index in [9.17, 15) is 4.79 Å². The number of hydrogen-bond acceptors (Lipinski definition) is 2. The van der Waals surface area contributed by atoms with E-state index in [1.165, 1.54) is 4.90 Å². The van der Waals surface area contributed by atoms with Gasteiger partial charge in [0.15, 0.2) is 6.54 Å². The summed E-state index contributed by atoms with van der Waals surface area (Å²) in [6.45, 7) is 4.96. The third kappa shape index (κ3) is 4.73. The number of amides is 1. The van der Waals surface area contributed by atoms with Crippen molar-refractivity contribution < 1.29 is 9.69 Å². The smallest absolute Gasteiger partial charge is 0.275 e. The standard InChI is InChI=1S/C19H22ClN3O/c20-17-7-4-8-18(13-17)23-11-9-22(10-12-23)15-19(24)21-14-16-5-2-1-3-6-16/h1-8,13H,9-12,14-15H2,(H,21,24)/p+1. The van der Waals surface area contributed by atoms with Gasteiger partial charge in [0, 0.05) is 17.3 Å². The van der Waals surface area contributed by atoms with Crippen LogP contribution in [0.4, 0.5) is 5.69 Å². The minimum absolute atomic E-state index is 0.116. The summed E-state index contributed by atoms with van der Waals surface area (Å²) in [6.07, 6.45) is 0. The van der Waals surface area contributed by atoms with Gasteiger partial charge >= 0.3 is 0 Å². The fraction of sp³-hybridized carbons (Fsp3) is 0.316. The van der Waals surface area contributed by atoms with Gasteiger partial charge in [0.1, 0.15) is 0 Å². The Hall–Kier alpha value is -2.04. The van der Waals surface area contributed by atoms with E-state index in [2.05, 4.69) is 16.3 Å². The summed E-state index contributed by atoms with van der Waals surface area (Å²) < 4.78 is 0. The first-order valence-electron chi connectivity index (χ1n) is 8.35. The topological polar surface area (TPSA) is 36.8 Å². The molecule has 1 saturated heterocycles. The molecule has 1 aliphatic heterocycles. The Bertz CT molecular complexity index is 669. The molecule has 126 valence electrons. The minimum Gasteiger partial charge on any atom is -0.360 e. The van der Waals surface area contributed by atoms with E-state index in [4.69, 9.17) is 11.6 Å². The van der Waals surface area contributed by atoms with Crippen molar-refractivity contribution in [1.82, 2.24) is 5.32 Å². The number of benzene rings is 2. The summed E-state index contributed by atoms with van der Waals surface area (Å²) in [4.78, 5) is 15.8. The quantitative estimate of drug-likeness (QED) is 0.859. The second-order valence-corrected chi connectivity index (χ2v) is 6.59. The Kier molecular flexibility index (Phi) is 5.72. The van der Waals surface area contributed by atoms with Gasteiger partial charge in [-0.15, -0.1) is 0 Å². The second-order valence-electron chi connectivity index (χ2n) is 6.16. The lowest BCUT2D eigenvalue weighted by atomic mass is 10.2. The number of anilines is 1. The molecule has 5 heteroatoms. The Balaban J connectivity index is 1.42. The van der Waals surface area contributed by atoms with Crippen molar-refractivity contribution in [3.05, 3.63) is 65.2 Å². The number of quaternary nitrogens is 1. The van der Waals surface area contributed by atoms with Crippen LogP contribution in [0.25, 0.3) is 0 Å². The van der Waals surface area contributed by atoms with E-state index in [1.54, 1.807) is 0 Å². The van der Waals surface area contributed by atoms with E-state index in [0.29, 0.717) is 13.1 Å². The van der Waals surface area contributed by atoms with E-state index in [-0.39, 0.29) is 5.91 Å². The van der Waals surface area contributed by atoms with Crippen molar-refractivity contribution in [3.8, 4) is 0 Å². The summed E-state index contributed by atoms with van der Waals surface area (Å²) in [7, 11) is 0. The summed E-state index contributed by atoms with van der Waals surface area (Å²) in [6, 6.07) is 18.0. The number of rotatable bonds is 5. The number of carbonyl (C=O) groups excluding carboxylic acids is 1. The number of nitrogens with zero attached hydrogens (tertiary/aromatic N) is 1. The van der Waals surface area contributed by atoms with Crippen molar-refractivity contribution in [2.45, 2.75) is 6.54 Å². The molecule has 0 aliphatic carbocycles. The molecule has 0 aromatic heterocycles. The molecule has 0 radical (unpaired) electrons. The highest BCUT2D eigenvalue weighted by atomic mass is 35.5. The zero-order chi connectivity index (χ0) is 16.8. The van der Waals surface area contributed by atoms with Crippen LogP contribution in [-0.2, 0) is 11.3 Å². The molecule has 2 aromatic carbocycles. The van der Waals surface area contributed by atoms with Gasteiger partial charge in [-0.05, 0) is 23.8 Å². The van der Waals surface area contributed by atoms with Crippen LogP contribution >= 0.6 is 11.6 Å². The molecular weight excluding hydrogens is 322 g/mol. The lowest BCUT2D eigenvalue weighted by Crippen LogP contribution is -3.15. The Morgan fingerprint density at radius 2 is 1.83 bits per heavy atom. The average molecular weight is 345 g/mol. The number of piperazine rings is 1. The predicted molar refractivity (Wildman–Crippen MR) is 97.5 cm³/mol. The van der Waals surface area contributed by atoms with Gasteiger partial charge in [0.25, 0.3) is 5.91 Å². The maximum atomic E-state index is 12.1. The van der Waals surface area contributed by atoms with Crippen LogP contribution in [0.5, 0.6) is 0 Å². The van der Waals surface area contributed by atoms with Crippen LogP contribution in [0.1, 0.15) is 5.56 Å². The molecule has 4 nitrogen and oxygen atoms in total. The van der Waals surface area contributed by atoms with Crippen molar-refractivity contribution in [3.63, 3.8) is 0 Å². The zero-order valence-corrected chi connectivity index (χ0v) is 14.4. The number of halogens is 1. The first kappa shape index (κ1) is 16.8. The summed E-state index contributed by atoms with van der Waals surface area (Å²) in [5.41, 5.74) is 2.29. The monoisotopic (exact) mass is 344 g/mol. The molecule has 0 spiro atoms. The fourth-order valence-corrected chi connectivity index (χ4v) is 3.20. The maximum absolute atomic E-state index is 12.1. The van der Waals surface area contributed by atoms with Crippen LogP contribution in [0, 0.1) is 0 Å².